The molecule has 2 rings (SSSR count). The van der Waals surface area contributed by atoms with E-state index >= 15 is 0 Å². The van der Waals surface area contributed by atoms with Crippen molar-refractivity contribution in [3.63, 3.8) is 0 Å². The quantitative estimate of drug-likeness (QED) is 0.747. The predicted molar refractivity (Wildman–Crippen MR) is 64.1 cm³/mol. The van der Waals surface area contributed by atoms with E-state index in [1.165, 1.54) is 12.8 Å². The summed E-state index contributed by atoms with van der Waals surface area (Å²) in [5.41, 5.74) is 0.392. The summed E-state index contributed by atoms with van der Waals surface area (Å²) in [5, 5.41) is 3.48. The van der Waals surface area contributed by atoms with Gasteiger partial charge in [0.25, 0.3) is 0 Å². The largest absolute Gasteiger partial charge is 0.497 e. The maximum absolute atomic E-state index is 5.61. The molecule has 0 spiro atoms. The first kappa shape index (κ1) is 11.3. The molecule has 0 amide bonds. The Morgan fingerprint density at radius 3 is 2.38 bits per heavy atom. The standard InChI is InChI=1S/C13H19NO2/c1-13(7-8-13)14-9-10-16-12-5-3-11(15-2)4-6-12/h3-6,14H,7-10H2,1-2H3. The summed E-state index contributed by atoms with van der Waals surface area (Å²) < 4.78 is 10.7. The van der Waals surface area contributed by atoms with Crippen LogP contribution in [0.25, 0.3) is 0 Å². The molecule has 1 aromatic carbocycles. The van der Waals surface area contributed by atoms with Crippen molar-refractivity contribution >= 4 is 0 Å². The van der Waals surface area contributed by atoms with Crippen LogP contribution in [0.1, 0.15) is 19.8 Å². The van der Waals surface area contributed by atoms with E-state index in [9.17, 15) is 0 Å². The van der Waals surface area contributed by atoms with E-state index < -0.39 is 0 Å². The summed E-state index contributed by atoms with van der Waals surface area (Å²) in [6.07, 6.45) is 2.57. The van der Waals surface area contributed by atoms with Gasteiger partial charge < -0.3 is 14.8 Å². The fraction of sp³-hybridized carbons (Fsp3) is 0.538. The molecule has 1 aliphatic carbocycles. The highest BCUT2D eigenvalue weighted by molar-refractivity contribution is 5.31. The molecule has 16 heavy (non-hydrogen) atoms. The lowest BCUT2D eigenvalue weighted by Crippen LogP contribution is -2.31. The lowest BCUT2D eigenvalue weighted by Gasteiger charge is -2.12. The first-order valence-corrected chi connectivity index (χ1v) is 5.74. The van der Waals surface area contributed by atoms with Gasteiger partial charge in [-0.1, -0.05) is 0 Å². The van der Waals surface area contributed by atoms with E-state index in [2.05, 4.69) is 12.2 Å². The minimum atomic E-state index is 0.392. The molecule has 0 heterocycles. The second-order valence-electron chi connectivity index (χ2n) is 4.51. The van der Waals surface area contributed by atoms with Crippen LogP contribution in [0.5, 0.6) is 11.5 Å². The van der Waals surface area contributed by atoms with Crippen LogP contribution in [0.2, 0.25) is 0 Å². The zero-order valence-electron chi connectivity index (χ0n) is 9.95. The smallest absolute Gasteiger partial charge is 0.119 e. The van der Waals surface area contributed by atoms with Crippen LogP contribution >= 0.6 is 0 Å². The van der Waals surface area contributed by atoms with Crippen molar-refractivity contribution in [3.05, 3.63) is 24.3 Å². The molecule has 1 aromatic rings. The molecule has 3 heteroatoms. The third-order valence-electron chi connectivity index (χ3n) is 2.98. The molecule has 0 bridgehead atoms. The second kappa shape index (κ2) is 4.74. The highest BCUT2D eigenvalue weighted by Gasteiger charge is 2.36. The van der Waals surface area contributed by atoms with Gasteiger partial charge in [0, 0.05) is 12.1 Å². The van der Waals surface area contributed by atoms with Crippen molar-refractivity contribution in [2.24, 2.45) is 0 Å². The third kappa shape index (κ3) is 3.14. The van der Waals surface area contributed by atoms with Crippen LogP contribution in [0.15, 0.2) is 24.3 Å². The van der Waals surface area contributed by atoms with Gasteiger partial charge in [0.15, 0.2) is 0 Å². The molecule has 0 aliphatic heterocycles. The van der Waals surface area contributed by atoms with Crippen molar-refractivity contribution in [1.29, 1.82) is 0 Å². The topological polar surface area (TPSA) is 30.5 Å². The molecule has 1 N–H and O–H groups in total. The average Bonchev–Trinajstić information content (AvgIpc) is 3.04. The van der Waals surface area contributed by atoms with E-state index in [0.29, 0.717) is 12.1 Å². The van der Waals surface area contributed by atoms with Crippen LogP contribution in [-0.2, 0) is 0 Å². The Morgan fingerprint density at radius 1 is 1.19 bits per heavy atom. The monoisotopic (exact) mass is 221 g/mol. The van der Waals surface area contributed by atoms with Crippen molar-refractivity contribution in [1.82, 2.24) is 5.32 Å². The summed E-state index contributed by atoms with van der Waals surface area (Å²) >= 11 is 0. The van der Waals surface area contributed by atoms with Gasteiger partial charge in [-0.25, -0.2) is 0 Å². The van der Waals surface area contributed by atoms with Crippen LogP contribution < -0.4 is 14.8 Å². The maximum Gasteiger partial charge on any atom is 0.119 e. The van der Waals surface area contributed by atoms with Gasteiger partial charge in [-0.2, -0.15) is 0 Å². The number of rotatable bonds is 6. The van der Waals surface area contributed by atoms with Gasteiger partial charge in [0.1, 0.15) is 18.1 Å². The molecule has 88 valence electrons. The Kier molecular flexibility index (Phi) is 3.34. The lowest BCUT2D eigenvalue weighted by molar-refractivity contribution is 0.304. The van der Waals surface area contributed by atoms with Crippen LogP contribution in [0, 0.1) is 0 Å². The van der Waals surface area contributed by atoms with E-state index in [1.807, 2.05) is 24.3 Å². The Balaban J connectivity index is 1.68. The van der Waals surface area contributed by atoms with Crippen molar-refractivity contribution in [2.45, 2.75) is 25.3 Å². The minimum absolute atomic E-state index is 0.392. The fourth-order valence-electron chi connectivity index (χ4n) is 1.56. The predicted octanol–water partition coefficient (Wildman–Crippen LogP) is 2.22. The summed E-state index contributed by atoms with van der Waals surface area (Å²) in [6.45, 7) is 3.87. The average molecular weight is 221 g/mol. The molecule has 0 aromatic heterocycles. The highest BCUT2D eigenvalue weighted by Crippen LogP contribution is 2.33. The summed E-state index contributed by atoms with van der Waals surface area (Å²) in [4.78, 5) is 0. The molecule has 1 fully saturated rings. The SMILES string of the molecule is COc1ccc(OCCNC2(C)CC2)cc1. The van der Waals surface area contributed by atoms with E-state index in [4.69, 9.17) is 9.47 Å². The number of hydrogen-bond acceptors (Lipinski definition) is 3. The van der Waals surface area contributed by atoms with Crippen molar-refractivity contribution in [3.8, 4) is 11.5 Å². The van der Waals surface area contributed by atoms with Gasteiger partial charge >= 0.3 is 0 Å². The first-order chi connectivity index (χ1) is 7.72. The second-order valence-corrected chi connectivity index (χ2v) is 4.51. The van der Waals surface area contributed by atoms with Gasteiger partial charge in [-0.15, -0.1) is 0 Å². The molecule has 1 saturated carbocycles. The van der Waals surface area contributed by atoms with Gasteiger partial charge in [-0.3, -0.25) is 0 Å². The summed E-state index contributed by atoms with van der Waals surface area (Å²) in [6, 6.07) is 7.67. The number of nitrogens with one attached hydrogen (secondary N) is 1. The molecular formula is C13H19NO2. The Bertz CT molecular complexity index is 330. The van der Waals surface area contributed by atoms with Gasteiger partial charge in [0.2, 0.25) is 0 Å². The normalized spacial score (nSPS) is 16.9. The minimum Gasteiger partial charge on any atom is -0.497 e. The zero-order chi connectivity index (χ0) is 11.4. The summed E-state index contributed by atoms with van der Waals surface area (Å²) in [5.74, 6) is 1.75. The van der Waals surface area contributed by atoms with Gasteiger partial charge in [-0.05, 0) is 44.0 Å². The molecule has 3 nitrogen and oxygen atoms in total. The number of benzene rings is 1. The number of methoxy groups -OCH3 is 1. The third-order valence-corrected chi connectivity index (χ3v) is 2.98. The van der Waals surface area contributed by atoms with Crippen LogP contribution in [0.4, 0.5) is 0 Å². The maximum atomic E-state index is 5.61. The molecular weight excluding hydrogens is 202 g/mol. The Hall–Kier alpha value is -1.22. The molecule has 0 saturated heterocycles. The van der Waals surface area contributed by atoms with Gasteiger partial charge in [0.05, 0.1) is 7.11 Å². The van der Waals surface area contributed by atoms with E-state index in [1.54, 1.807) is 7.11 Å². The molecule has 0 radical (unpaired) electrons. The zero-order valence-corrected chi connectivity index (χ0v) is 9.95. The Labute approximate surface area is 96.8 Å². The lowest BCUT2D eigenvalue weighted by atomic mass is 10.3. The fourth-order valence-corrected chi connectivity index (χ4v) is 1.56. The van der Waals surface area contributed by atoms with E-state index in [0.717, 1.165) is 18.0 Å². The first-order valence-electron chi connectivity index (χ1n) is 5.74. The molecule has 0 atom stereocenters. The van der Waals surface area contributed by atoms with Crippen LogP contribution in [0.3, 0.4) is 0 Å². The highest BCUT2D eigenvalue weighted by atomic mass is 16.5. The summed E-state index contributed by atoms with van der Waals surface area (Å²) in [7, 11) is 1.66. The molecule has 0 unspecified atom stereocenters. The van der Waals surface area contributed by atoms with Crippen molar-refractivity contribution in [2.75, 3.05) is 20.3 Å². The van der Waals surface area contributed by atoms with Crippen molar-refractivity contribution < 1.29 is 9.47 Å². The van der Waals surface area contributed by atoms with E-state index in [-0.39, 0.29) is 0 Å². The number of hydrogen-bond donors (Lipinski definition) is 1. The Morgan fingerprint density at radius 2 is 1.81 bits per heavy atom. The van der Waals surface area contributed by atoms with Crippen LogP contribution in [-0.4, -0.2) is 25.8 Å². The number of ether oxygens (including phenoxy) is 2. The molecule has 1 aliphatic rings.